The molecule has 0 bridgehead atoms. The van der Waals surface area contributed by atoms with Gasteiger partial charge in [-0.05, 0) is 62.1 Å². The Morgan fingerprint density at radius 2 is 2.21 bits per heavy atom. The number of nitrogens with one attached hydrogen (secondary N) is 2. The van der Waals surface area contributed by atoms with Crippen LogP contribution in [0.15, 0.2) is 34.7 Å². The predicted molar refractivity (Wildman–Crippen MR) is 87.0 cm³/mol. The number of hydrogen-bond acceptors (Lipinski definition) is 3. The minimum atomic E-state index is -1.29. The standard InChI is InChI=1S/C18H21FN2O3/c1-11-3-8-16(24-11)18(2,23)10-20-17(22)21-15-7-4-12-9-13(19)5-6-14(12)15/h3,5-6,8-9,15,23H,4,7,10H2,1-2H3,(H2,20,21,22). The highest BCUT2D eigenvalue weighted by Gasteiger charge is 2.29. The number of carbonyl (C=O) groups excluding carboxylic acids is 1. The van der Waals surface area contributed by atoms with Crippen LogP contribution in [0.1, 0.15) is 42.0 Å². The molecule has 2 aromatic rings. The molecule has 1 aromatic carbocycles. The second kappa shape index (κ2) is 6.28. The van der Waals surface area contributed by atoms with Gasteiger partial charge in [-0.1, -0.05) is 6.07 Å². The number of benzene rings is 1. The third-order valence-corrected chi connectivity index (χ3v) is 4.35. The van der Waals surface area contributed by atoms with Gasteiger partial charge in [-0.2, -0.15) is 0 Å². The van der Waals surface area contributed by atoms with Crippen molar-refractivity contribution in [2.24, 2.45) is 0 Å². The lowest BCUT2D eigenvalue weighted by atomic mass is 10.0. The normalized spacial score (nSPS) is 18.8. The van der Waals surface area contributed by atoms with Gasteiger partial charge < -0.3 is 20.2 Å². The maximum Gasteiger partial charge on any atom is 0.315 e. The zero-order valence-electron chi connectivity index (χ0n) is 13.7. The number of carbonyl (C=O) groups is 1. The second-order valence-electron chi connectivity index (χ2n) is 6.45. The fraction of sp³-hybridized carbons (Fsp3) is 0.389. The molecule has 0 fully saturated rings. The van der Waals surface area contributed by atoms with Crippen molar-refractivity contribution < 1.29 is 18.7 Å². The van der Waals surface area contributed by atoms with E-state index in [4.69, 9.17) is 4.42 Å². The van der Waals surface area contributed by atoms with Gasteiger partial charge in [-0.15, -0.1) is 0 Å². The molecule has 1 heterocycles. The molecule has 3 N–H and O–H groups in total. The summed E-state index contributed by atoms with van der Waals surface area (Å²) in [7, 11) is 0. The van der Waals surface area contributed by atoms with Crippen LogP contribution in [-0.4, -0.2) is 17.7 Å². The van der Waals surface area contributed by atoms with Crippen molar-refractivity contribution in [3.05, 3.63) is 58.8 Å². The lowest BCUT2D eigenvalue weighted by Crippen LogP contribution is -2.44. The predicted octanol–water partition coefficient (Wildman–Crippen LogP) is 2.92. The number of hydrogen-bond donors (Lipinski definition) is 3. The molecule has 0 radical (unpaired) electrons. The Balaban J connectivity index is 1.57. The van der Waals surface area contributed by atoms with Gasteiger partial charge in [0.25, 0.3) is 0 Å². The van der Waals surface area contributed by atoms with Gasteiger partial charge in [0.1, 0.15) is 22.9 Å². The summed E-state index contributed by atoms with van der Waals surface area (Å²) in [4.78, 5) is 12.1. The van der Waals surface area contributed by atoms with Crippen molar-refractivity contribution in [3.8, 4) is 0 Å². The maximum atomic E-state index is 13.2. The van der Waals surface area contributed by atoms with Gasteiger partial charge in [0.15, 0.2) is 0 Å². The van der Waals surface area contributed by atoms with Crippen molar-refractivity contribution in [1.29, 1.82) is 0 Å². The molecular weight excluding hydrogens is 311 g/mol. The van der Waals surface area contributed by atoms with Crippen molar-refractivity contribution >= 4 is 6.03 Å². The number of furan rings is 1. The van der Waals surface area contributed by atoms with Crippen LogP contribution in [0, 0.1) is 12.7 Å². The van der Waals surface area contributed by atoms with E-state index in [9.17, 15) is 14.3 Å². The van der Waals surface area contributed by atoms with Crippen LogP contribution < -0.4 is 10.6 Å². The summed E-state index contributed by atoms with van der Waals surface area (Å²) in [5, 5.41) is 16.0. The smallest absolute Gasteiger partial charge is 0.315 e. The fourth-order valence-electron chi connectivity index (χ4n) is 3.01. The summed E-state index contributed by atoms with van der Waals surface area (Å²) in [5.74, 6) is 0.843. The van der Waals surface area contributed by atoms with Crippen molar-refractivity contribution in [2.75, 3.05) is 6.54 Å². The van der Waals surface area contributed by atoms with E-state index in [1.54, 1.807) is 32.0 Å². The zero-order chi connectivity index (χ0) is 17.3. The third-order valence-electron chi connectivity index (χ3n) is 4.35. The van der Waals surface area contributed by atoms with Gasteiger partial charge >= 0.3 is 6.03 Å². The molecule has 5 nitrogen and oxygen atoms in total. The minimum absolute atomic E-state index is 0.0226. The van der Waals surface area contributed by atoms with E-state index in [-0.39, 0.29) is 24.4 Å². The monoisotopic (exact) mass is 332 g/mol. The topological polar surface area (TPSA) is 74.5 Å². The Kier molecular flexibility index (Phi) is 4.32. The van der Waals surface area contributed by atoms with Crippen molar-refractivity contribution in [1.82, 2.24) is 10.6 Å². The molecule has 24 heavy (non-hydrogen) atoms. The number of amides is 2. The van der Waals surface area contributed by atoms with E-state index in [0.29, 0.717) is 11.5 Å². The summed E-state index contributed by atoms with van der Waals surface area (Å²) in [6.07, 6.45) is 1.47. The first-order valence-corrected chi connectivity index (χ1v) is 7.97. The first-order valence-electron chi connectivity index (χ1n) is 7.97. The second-order valence-corrected chi connectivity index (χ2v) is 6.45. The van der Waals surface area contributed by atoms with Gasteiger partial charge in [-0.3, -0.25) is 0 Å². The highest BCUT2D eigenvalue weighted by atomic mass is 19.1. The van der Waals surface area contributed by atoms with Crippen LogP contribution in [0.5, 0.6) is 0 Å². The molecule has 2 amide bonds. The molecule has 1 aliphatic carbocycles. The Labute approximate surface area is 139 Å². The summed E-state index contributed by atoms with van der Waals surface area (Å²) >= 11 is 0. The largest absolute Gasteiger partial charge is 0.463 e. The minimum Gasteiger partial charge on any atom is -0.463 e. The van der Waals surface area contributed by atoms with Crippen LogP contribution in [0.4, 0.5) is 9.18 Å². The number of rotatable bonds is 4. The SMILES string of the molecule is Cc1ccc(C(C)(O)CNC(=O)NC2CCc3cc(F)ccc32)o1. The molecule has 1 aromatic heterocycles. The van der Waals surface area contributed by atoms with Crippen LogP contribution in [-0.2, 0) is 12.0 Å². The van der Waals surface area contributed by atoms with Crippen molar-refractivity contribution in [3.63, 3.8) is 0 Å². The van der Waals surface area contributed by atoms with E-state index in [1.807, 2.05) is 0 Å². The molecule has 6 heteroatoms. The first kappa shape index (κ1) is 16.5. The number of aryl methyl sites for hydroxylation is 2. The Morgan fingerprint density at radius 1 is 1.42 bits per heavy atom. The number of aliphatic hydroxyl groups is 1. The molecule has 0 aliphatic heterocycles. The Morgan fingerprint density at radius 3 is 2.92 bits per heavy atom. The summed E-state index contributed by atoms with van der Waals surface area (Å²) in [5.41, 5.74) is 0.584. The molecule has 3 rings (SSSR count). The zero-order valence-corrected chi connectivity index (χ0v) is 13.7. The fourth-order valence-corrected chi connectivity index (χ4v) is 3.01. The van der Waals surface area contributed by atoms with Gasteiger partial charge in [0.05, 0.1) is 12.6 Å². The molecule has 0 spiro atoms. The van der Waals surface area contributed by atoms with Gasteiger partial charge in [0, 0.05) is 0 Å². The number of fused-ring (bicyclic) bond motifs is 1. The number of urea groups is 1. The van der Waals surface area contributed by atoms with E-state index in [0.717, 1.165) is 24.0 Å². The average Bonchev–Trinajstić information content (AvgIpc) is 3.12. The van der Waals surface area contributed by atoms with Crippen LogP contribution in [0.3, 0.4) is 0 Å². The first-order chi connectivity index (χ1) is 11.3. The van der Waals surface area contributed by atoms with Crippen LogP contribution >= 0.6 is 0 Å². The van der Waals surface area contributed by atoms with E-state index in [2.05, 4.69) is 10.6 Å². The lowest BCUT2D eigenvalue weighted by molar-refractivity contribution is 0.0359. The molecule has 1 aliphatic rings. The molecule has 0 saturated carbocycles. The van der Waals surface area contributed by atoms with Crippen LogP contribution in [0.2, 0.25) is 0 Å². The Bertz CT molecular complexity index is 754. The molecule has 2 unspecified atom stereocenters. The molecule has 2 atom stereocenters. The quantitative estimate of drug-likeness (QED) is 0.806. The highest BCUT2D eigenvalue weighted by Crippen LogP contribution is 2.31. The van der Waals surface area contributed by atoms with E-state index >= 15 is 0 Å². The number of halogens is 1. The van der Waals surface area contributed by atoms with Gasteiger partial charge in [0.2, 0.25) is 0 Å². The third kappa shape index (κ3) is 3.43. The molecule has 0 saturated heterocycles. The van der Waals surface area contributed by atoms with Gasteiger partial charge in [-0.25, -0.2) is 9.18 Å². The highest BCUT2D eigenvalue weighted by molar-refractivity contribution is 5.74. The van der Waals surface area contributed by atoms with Crippen molar-refractivity contribution in [2.45, 2.75) is 38.3 Å². The maximum absolute atomic E-state index is 13.2. The summed E-state index contributed by atoms with van der Waals surface area (Å²) in [6.45, 7) is 3.40. The molecular formula is C18H21FN2O3. The lowest BCUT2D eigenvalue weighted by Gasteiger charge is -2.22. The molecule has 128 valence electrons. The average molecular weight is 332 g/mol. The Hall–Kier alpha value is -2.34. The van der Waals surface area contributed by atoms with E-state index in [1.165, 1.54) is 12.1 Å². The van der Waals surface area contributed by atoms with E-state index < -0.39 is 5.60 Å². The summed E-state index contributed by atoms with van der Waals surface area (Å²) in [6, 6.07) is 7.57. The summed E-state index contributed by atoms with van der Waals surface area (Å²) < 4.78 is 18.6. The van der Waals surface area contributed by atoms with Crippen LogP contribution in [0.25, 0.3) is 0 Å².